The van der Waals surface area contributed by atoms with E-state index in [1.807, 2.05) is 50.2 Å². The predicted octanol–water partition coefficient (Wildman–Crippen LogP) is 4.10. The molecule has 2 aromatic carbocycles. The van der Waals surface area contributed by atoms with Gasteiger partial charge < -0.3 is 19.7 Å². The van der Waals surface area contributed by atoms with Crippen LogP contribution in [-0.4, -0.2) is 44.8 Å². The molecule has 1 fully saturated rings. The Kier molecular flexibility index (Phi) is 7.71. The molecule has 1 saturated heterocycles. The van der Waals surface area contributed by atoms with Crippen molar-refractivity contribution in [2.75, 3.05) is 43.1 Å². The van der Waals surface area contributed by atoms with Gasteiger partial charge in [-0.25, -0.2) is 0 Å². The van der Waals surface area contributed by atoms with Crippen LogP contribution in [0.2, 0.25) is 5.02 Å². The lowest BCUT2D eigenvalue weighted by Gasteiger charge is -2.28. The van der Waals surface area contributed by atoms with E-state index in [1.165, 1.54) is 0 Å². The summed E-state index contributed by atoms with van der Waals surface area (Å²) in [6.07, 6.45) is 0. The molecule has 0 spiro atoms. The van der Waals surface area contributed by atoms with Crippen LogP contribution < -0.4 is 10.2 Å². The summed E-state index contributed by atoms with van der Waals surface area (Å²) >= 11 is 5.93. The zero-order valence-corrected chi connectivity index (χ0v) is 18.0. The second-order valence-corrected chi connectivity index (χ2v) is 8.01. The number of nitrogens with zero attached hydrogens (tertiary/aromatic N) is 1. The van der Waals surface area contributed by atoms with Crippen molar-refractivity contribution >= 4 is 34.9 Å². The SMILES string of the molecule is CC(C)C(C(=O)OCC(=O)Nc1ccc(N2CCOCC2)cc1)c1ccc(Cl)cc1. The van der Waals surface area contributed by atoms with E-state index in [-0.39, 0.29) is 18.4 Å². The second kappa shape index (κ2) is 10.5. The number of morpholine rings is 1. The van der Waals surface area contributed by atoms with Crippen LogP contribution in [0.5, 0.6) is 0 Å². The first-order valence-corrected chi connectivity index (χ1v) is 10.5. The molecule has 1 heterocycles. The number of ether oxygens (including phenoxy) is 2. The highest BCUT2D eigenvalue weighted by molar-refractivity contribution is 6.30. The van der Waals surface area contributed by atoms with Crippen molar-refractivity contribution in [3.8, 4) is 0 Å². The molecule has 0 radical (unpaired) electrons. The van der Waals surface area contributed by atoms with Gasteiger partial charge in [0.1, 0.15) is 0 Å². The van der Waals surface area contributed by atoms with Gasteiger partial charge in [-0.2, -0.15) is 0 Å². The average Bonchev–Trinajstić information content (AvgIpc) is 2.75. The Morgan fingerprint density at radius 3 is 2.30 bits per heavy atom. The number of carbonyl (C=O) groups excluding carboxylic acids is 2. The second-order valence-electron chi connectivity index (χ2n) is 7.58. The van der Waals surface area contributed by atoms with E-state index >= 15 is 0 Å². The minimum Gasteiger partial charge on any atom is -0.455 e. The fourth-order valence-corrected chi connectivity index (χ4v) is 3.59. The van der Waals surface area contributed by atoms with E-state index in [0.717, 1.165) is 37.6 Å². The number of hydrogen-bond acceptors (Lipinski definition) is 5. The third-order valence-corrected chi connectivity index (χ3v) is 5.27. The van der Waals surface area contributed by atoms with E-state index in [0.29, 0.717) is 10.7 Å². The van der Waals surface area contributed by atoms with Crippen LogP contribution in [0, 0.1) is 5.92 Å². The zero-order chi connectivity index (χ0) is 21.5. The monoisotopic (exact) mass is 430 g/mol. The first-order valence-electron chi connectivity index (χ1n) is 10.1. The third kappa shape index (κ3) is 5.97. The van der Waals surface area contributed by atoms with Crippen molar-refractivity contribution in [1.29, 1.82) is 0 Å². The molecule has 1 aliphatic heterocycles. The highest BCUT2D eigenvalue weighted by Gasteiger charge is 2.26. The van der Waals surface area contributed by atoms with E-state index in [1.54, 1.807) is 12.1 Å². The minimum atomic E-state index is -0.456. The van der Waals surface area contributed by atoms with Crippen molar-refractivity contribution in [3.63, 3.8) is 0 Å². The summed E-state index contributed by atoms with van der Waals surface area (Å²) in [4.78, 5) is 27.1. The number of anilines is 2. The number of nitrogens with one attached hydrogen (secondary N) is 1. The first-order chi connectivity index (χ1) is 14.4. The molecule has 0 bridgehead atoms. The van der Waals surface area contributed by atoms with Crippen molar-refractivity contribution in [3.05, 3.63) is 59.1 Å². The fraction of sp³-hybridized carbons (Fsp3) is 0.391. The molecule has 0 aliphatic carbocycles. The largest absolute Gasteiger partial charge is 0.455 e. The number of esters is 1. The molecule has 1 unspecified atom stereocenters. The lowest BCUT2D eigenvalue weighted by atomic mass is 9.88. The van der Waals surface area contributed by atoms with Crippen LogP contribution in [0.3, 0.4) is 0 Å². The normalized spacial score (nSPS) is 15.0. The first kappa shape index (κ1) is 22.1. The fourth-order valence-electron chi connectivity index (χ4n) is 3.46. The molecule has 2 aromatic rings. The summed E-state index contributed by atoms with van der Waals surface area (Å²) in [6, 6.07) is 14.7. The number of hydrogen-bond donors (Lipinski definition) is 1. The summed E-state index contributed by atoms with van der Waals surface area (Å²) < 4.78 is 10.7. The molecule has 3 rings (SSSR count). The van der Waals surface area contributed by atoms with Crippen molar-refractivity contribution in [1.82, 2.24) is 0 Å². The molecule has 7 heteroatoms. The highest BCUT2D eigenvalue weighted by atomic mass is 35.5. The van der Waals surface area contributed by atoms with Crippen LogP contribution in [0.4, 0.5) is 11.4 Å². The topological polar surface area (TPSA) is 67.9 Å². The summed E-state index contributed by atoms with van der Waals surface area (Å²) in [5.41, 5.74) is 2.56. The molecule has 1 amide bonds. The number of amides is 1. The Labute approximate surface area is 182 Å². The Bertz CT molecular complexity index is 847. The standard InChI is InChI=1S/C23H27ClN2O4/c1-16(2)22(17-3-5-18(24)6-4-17)23(28)30-15-21(27)25-19-7-9-20(10-8-19)26-11-13-29-14-12-26/h3-10,16,22H,11-15H2,1-2H3,(H,25,27). The average molecular weight is 431 g/mol. The highest BCUT2D eigenvalue weighted by Crippen LogP contribution is 2.27. The van der Waals surface area contributed by atoms with Gasteiger partial charge in [0.05, 0.1) is 19.1 Å². The maximum Gasteiger partial charge on any atom is 0.314 e. The molecule has 1 atom stereocenters. The van der Waals surface area contributed by atoms with Crippen LogP contribution in [-0.2, 0) is 19.1 Å². The molecule has 0 aromatic heterocycles. The van der Waals surface area contributed by atoms with Crippen molar-refractivity contribution < 1.29 is 19.1 Å². The van der Waals surface area contributed by atoms with Crippen molar-refractivity contribution in [2.45, 2.75) is 19.8 Å². The van der Waals surface area contributed by atoms with E-state index < -0.39 is 11.9 Å². The Morgan fingerprint density at radius 1 is 1.07 bits per heavy atom. The quantitative estimate of drug-likeness (QED) is 0.670. The maximum atomic E-state index is 12.6. The van der Waals surface area contributed by atoms with Gasteiger partial charge in [-0.15, -0.1) is 0 Å². The van der Waals surface area contributed by atoms with Gasteiger partial charge >= 0.3 is 5.97 Å². The predicted molar refractivity (Wildman–Crippen MR) is 118 cm³/mol. The zero-order valence-electron chi connectivity index (χ0n) is 17.3. The number of halogens is 1. The van der Waals surface area contributed by atoms with Crippen LogP contribution in [0.1, 0.15) is 25.3 Å². The van der Waals surface area contributed by atoms with E-state index in [2.05, 4.69) is 10.2 Å². The minimum absolute atomic E-state index is 0.0227. The summed E-state index contributed by atoms with van der Waals surface area (Å²) in [6.45, 7) is 6.70. The maximum absolute atomic E-state index is 12.6. The summed E-state index contributed by atoms with van der Waals surface area (Å²) in [5.74, 6) is -1.23. The van der Waals surface area contributed by atoms with Crippen molar-refractivity contribution in [2.24, 2.45) is 5.92 Å². The van der Waals surface area contributed by atoms with Gasteiger partial charge in [-0.05, 0) is 47.9 Å². The van der Waals surface area contributed by atoms with Crippen LogP contribution >= 0.6 is 11.6 Å². The van der Waals surface area contributed by atoms with Crippen LogP contribution in [0.25, 0.3) is 0 Å². The molecular weight excluding hydrogens is 404 g/mol. The Balaban J connectivity index is 1.52. The van der Waals surface area contributed by atoms with Crippen LogP contribution in [0.15, 0.2) is 48.5 Å². The lowest BCUT2D eigenvalue weighted by Crippen LogP contribution is -2.36. The summed E-state index contributed by atoms with van der Waals surface area (Å²) in [7, 11) is 0. The van der Waals surface area contributed by atoms with Gasteiger partial charge in [0.2, 0.25) is 0 Å². The lowest BCUT2D eigenvalue weighted by molar-refractivity contribution is -0.149. The van der Waals surface area contributed by atoms with Gasteiger partial charge in [-0.3, -0.25) is 9.59 Å². The number of carbonyl (C=O) groups is 2. The molecular formula is C23H27ClN2O4. The molecule has 0 saturated carbocycles. The Morgan fingerprint density at radius 2 is 1.70 bits per heavy atom. The molecule has 30 heavy (non-hydrogen) atoms. The molecule has 1 aliphatic rings. The molecule has 160 valence electrons. The van der Waals surface area contributed by atoms with Gasteiger partial charge in [0.15, 0.2) is 6.61 Å². The third-order valence-electron chi connectivity index (χ3n) is 5.02. The smallest absolute Gasteiger partial charge is 0.314 e. The van der Waals surface area contributed by atoms with Gasteiger partial charge in [0, 0.05) is 29.5 Å². The molecule has 1 N–H and O–H groups in total. The molecule has 6 nitrogen and oxygen atoms in total. The Hall–Kier alpha value is -2.57. The number of rotatable bonds is 7. The summed E-state index contributed by atoms with van der Waals surface area (Å²) in [5, 5.41) is 3.37. The van der Waals surface area contributed by atoms with Gasteiger partial charge in [0.25, 0.3) is 5.91 Å². The number of benzene rings is 2. The van der Waals surface area contributed by atoms with E-state index in [4.69, 9.17) is 21.1 Å². The van der Waals surface area contributed by atoms with E-state index in [9.17, 15) is 9.59 Å². The van der Waals surface area contributed by atoms with Gasteiger partial charge in [-0.1, -0.05) is 37.6 Å².